The van der Waals surface area contributed by atoms with Crippen molar-refractivity contribution in [2.75, 3.05) is 6.16 Å². The van der Waals surface area contributed by atoms with Gasteiger partial charge in [0.1, 0.15) is 7.80 Å². The summed E-state index contributed by atoms with van der Waals surface area (Å²) >= 11 is 0. The second-order valence-electron chi connectivity index (χ2n) is 7.83. The van der Waals surface area contributed by atoms with Crippen molar-refractivity contribution < 1.29 is 9.36 Å². The van der Waals surface area contributed by atoms with Crippen molar-refractivity contribution in [3.8, 4) is 0 Å². The van der Waals surface area contributed by atoms with E-state index in [1.807, 2.05) is 32.0 Å². The Hall–Kier alpha value is -1.66. The molecule has 0 aliphatic carbocycles. The molecule has 3 heteroatoms. The molecule has 2 aromatic rings. The van der Waals surface area contributed by atoms with Crippen LogP contribution in [-0.4, -0.2) is 11.7 Å². The van der Waals surface area contributed by atoms with E-state index in [9.17, 15) is 9.36 Å². The second kappa shape index (κ2) is 8.15. The maximum absolute atomic E-state index is 12.7. The van der Waals surface area contributed by atoms with Gasteiger partial charge in [0, 0.05) is 11.7 Å². The van der Waals surface area contributed by atoms with Crippen LogP contribution < -0.4 is 0 Å². The van der Waals surface area contributed by atoms with Gasteiger partial charge in [-0.3, -0.25) is 4.79 Å². The van der Waals surface area contributed by atoms with Crippen molar-refractivity contribution in [2.24, 2.45) is 0 Å². The Morgan fingerprint density at radius 2 is 1.56 bits per heavy atom. The number of hydrogen-bond acceptors (Lipinski definition) is 2. The number of carbonyl (C=O) groups is 1. The molecule has 0 heterocycles. The van der Waals surface area contributed by atoms with Crippen LogP contribution in [0.15, 0.2) is 42.5 Å². The van der Waals surface area contributed by atoms with E-state index in [-0.39, 0.29) is 10.9 Å². The molecule has 0 amide bonds. The first kappa shape index (κ1) is 19.7. The first-order chi connectivity index (χ1) is 11.7. The Balaban J connectivity index is 2.08. The molecule has 134 valence electrons. The van der Waals surface area contributed by atoms with E-state index in [1.54, 1.807) is 0 Å². The SMILES string of the molecule is Cc1cc(C(C)(C)C)cc(C)c1C(=O)[PH](=O)CCCc1ccccc1. The minimum atomic E-state index is -2.27. The lowest BCUT2D eigenvalue weighted by atomic mass is 9.84. The second-order valence-corrected chi connectivity index (χ2v) is 9.63. The van der Waals surface area contributed by atoms with Gasteiger partial charge in [-0.05, 0) is 54.4 Å². The molecule has 25 heavy (non-hydrogen) atoms. The molecule has 0 bridgehead atoms. The summed E-state index contributed by atoms with van der Waals surface area (Å²) in [6, 6.07) is 14.3. The molecule has 0 N–H and O–H groups in total. The number of benzene rings is 2. The summed E-state index contributed by atoms with van der Waals surface area (Å²) in [5.74, 6) is 0. The van der Waals surface area contributed by atoms with E-state index < -0.39 is 7.80 Å². The summed E-state index contributed by atoms with van der Waals surface area (Å²) in [6.07, 6.45) is 2.13. The topological polar surface area (TPSA) is 34.1 Å². The van der Waals surface area contributed by atoms with Crippen LogP contribution in [0.2, 0.25) is 0 Å². The summed E-state index contributed by atoms with van der Waals surface area (Å²) in [7, 11) is -2.27. The predicted molar refractivity (Wildman–Crippen MR) is 108 cm³/mol. The molecule has 0 fully saturated rings. The standard InChI is InChI=1S/C22H29O2P/c1-16-14-19(22(3,4)5)15-17(2)20(16)21(23)25(24)13-9-12-18-10-7-6-8-11-18/h6-8,10-11,14-15,25H,9,12-13H2,1-5H3. The molecule has 0 saturated carbocycles. The van der Waals surface area contributed by atoms with Gasteiger partial charge in [0.2, 0.25) is 5.52 Å². The van der Waals surface area contributed by atoms with E-state index in [1.165, 1.54) is 11.1 Å². The minimum Gasteiger partial charge on any atom is -0.318 e. The Morgan fingerprint density at radius 1 is 1.00 bits per heavy atom. The van der Waals surface area contributed by atoms with Crippen molar-refractivity contribution in [3.05, 3.63) is 70.3 Å². The first-order valence-electron chi connectivity index (χ1n) is 8.93. The Labute approximate surface area is 152 Å². The van der Waals surface area contributed by atoms with Crippen molar-refractivity contribution in [3.63, 3.8) is 0 Å². The zero-order chi connectivity index (χ0) is 18.6. The Bertz CT molecular complexity index is 747. The Kier molecular flexibility index (Phi) is 6.41. The first-order valence-corrected chi connectivity index (χ1v) is 10.5. The molecule has 0 aliphatic rings. The van der Waals surface area contributed by atoms with E-state index in [4.69, 9.17) is 0 Å². The van der Waals surface area contributed by atoms with Gasteiger partial charge >= 0.3 is 0 Å². The van der Waals surface area contributed by atoms with Crippen LogP contribution in [0.5, 0.6) is 0 Å². The molecule has 0 saturated heterocycles. The van der Waals surface area contributed by atoms with Crippen LogP contribution in [0.1, 0.15) is 59.8 Å². The fraction of sp³-hybridized carbons (Fsp3) is 0.409. The highest BCUT2D eigenvalue weighted by Gasteiger charge is 2.22. The van der Waals surface area contributed by atoms with Crippen LogP contribution in [-0.2, 0) is 16.4 Å². The highest BCUT2D eigenvalue weighted by atomic mass is 31.1. The van der Waals surface area contributed by atoms with Crippen LogP contribution in [0.3, 0.4) is 0 Å². The molecule has 0 radical (unpaired) electrons. The number of aryl methyl sites for hydroxylation is 3. The highest BCUT2D eigenvalue weighted by Crippen LogP contribution is 2.34. The van der Waals surface area contributed by atoms with Crippen LogP contribution in [0, 0.1) is 13.8 Å². The minimum absolute atomic E-state index is 0.0397. The summed E-state index contributed by atoms with van der Waals surface area (Å²) in [6.45, 7) is 10.4. The van der Waals surface area contributed by atoms with E-state index in [0.29, 0.717) is 11.7 Å². The summed E-state index contributed by atoms with van der Waals surface area (Å²) in [5, 5.41) is 0. The largest absolute Gasteiger partial charge is 0.318 e. The van der Waals surface area contributed by atoms with Gasteiger partial charge in [-0.1, -0.05) is 63.2 Å². The third-order valence-electron chi connectivity index (χ3n) is 4.59. The van der Waals surface area contributed by atoms with Crippen LogP contribution >= 0.6 is 7.80 Å². The molecule has 1 atom stereocenters. The van der Waals surface area contributed by atoms with Gasteiger partial charge in [0.25, 0.3) is 0 Å². The molecule has 0 spiro atoms. The van der Waals surface area contributed by atoms with Gasteiger partial charge in [0.15, 0.2) is 0 Å². The van der Waals surface area contributed by atoms with Gasteiger partial charge in [0.05, 0.1) is 0 Å². The van der Waals surface area contributed by atoms with E-state index in [2.05, 4.69) is 45.0 Å². The smallest absolute Gasteiger partial charge is 0.219 e. The fourth-order valence-electron chi connectivity index (χ4n) is 3.11. The number of carbonyl (C=O) groups excluding carboxylic acids is 1. The lowest BCUT2D eigenvalue weighted by molar-refractivity contribution is 0.107. The van der Waals surface area contributed by atoms with Crippen LogP contribution in [0.4, 0.5) is 0 Å². The average Bonchev–Trinajstić information content (AvgIpc) is 2.54. The van der Waals surface area contributed by atoms with Gasteiger partial charge < -0.3 is 4.57 Å². The van der Waals surface area contributed by atoms with E-state index >= 15 is 0 Å². The predicted octanol–water partition coefficient (Wildman–Crippen LogP) is 5.93. The lowest BCUT2D eigenvalue weighted by Gasteiger charge is -2.22. The molecule has 2 aromatic carbocycles. The molecular formula is C22H29O2P. The third kappa shape index (κ3) is 5.16. The zero-order valence-corrected chi connectivity index (χ0v) is 17.0. The molecule has 1 unspecified atom stereocenters. The van der Waals surface area contributed by atoms with Crippen LogP contribution in [0.25, 0.3) is 0 Å². The average molecular weight is 356 g/mol. The fourth-order valence-corrected chi connectivity index (χ4v) is 4.50. The summed E-state index contributed by atoms with van der Waals surface area (Å²) < 4.78 is 12.6. The van der Waals surface area contributed by atoms with Crippen molar-refractivity contribution in [2.45, 2.75) is 52.9 Å². The summed E-state index contributed by atoms with van der Waals surface area (Å²) in [4.78, 5) is 12.7. The molecule has 0 aromatic heterocycles. The molecular weight excluding hydrogens is 327 g/mol. The number of hydrogen-bond donors (Lipinski definition) is 0. The van der Waals surface area contributed by atoms with Gasteiger partial charge in [-0.15, -0.1) is 0 Å². The number of rotatable bonds is 6. The molecule has 2 nitrogen and oxygen atoms in total. The summed E-state index contributed by atoms with van der Waals surface area (Å²) in [5.41, 5.74) is 4.87. The zero-order valence-electron chi connectivity index (χ0n) is 16.0. The van der Waals surface area contributed by atoms with Gasteiger partial charge in [-0.25, -0.2) is 0 Å². The van der Waals surface area contributed by atoms with Crippen molar-refractivity contribution in [1.82, 2.24) is 0 Å². The maximum Gasteiger partial charge on any atom is 0.219 e. The quantitative estimate of drug-likeness (QED) is 0.601. The normalized spacial score (nSPS) is 12.8. The molecule has 2 rings (SSSR count). The monoisotopic (exact) mass is 356 g/mol. The van der Waals surface area contributed by atoms with Crippen molar-refractivity contribution in [1.29, 1.82) is 0 Å². The lowest BCUT2D eigenvalue weighted by Crippen LogP contribution is -2.13. The van der Waals surface area contributed by atoms with Gasteiger partial charge in [-0.2, -0.15) is 0 Å². The Morgan fingerprint density at radius 3 is 2.08 bits per heavy atom. The molecule has 0 aliphatic heterocycles. The maximum atomic E-state index is 12.7. The third-order valence-corrected chi connectivity index (χ3v) is 6.16. The van der Waals surface area contributed by atoms with E-state index in [0.717, 1.165) is 24.0 Å². The van der Waals surface area contributed by atoms with Crippen molar-refractivity contribution >= 4 is 13.3 Å². The highest BCUT2D eigenvalue weighted by molar-refractivity contribution is 7.64.